The van der Waals surface area contributed by atoms with Gasteiger partial charge < -0.3 is 5.21 Å². The Bertz CT molecular complexity index is 217. The number of hydroxylamine groups is 1. The maximum atomic E-state index is 8.35. The van der Waals surface area contributed by atoms with Crippen molar-refractivity contribution in [1.82, 2.24) is 10.5 Å². The van der Waals surface area contributed by atoms with E-state index < -0.39 is 0 Å². The van der Waals surface area contributed by atoms with Gasteiger partial charge in [0.25, 0.3) is 0 Å². The van der Waals surface area contributed by atoms with Crippen LogP contribution in [0.4, 0.5) is 0 Å². The van der Waals surface area contributed by atoms with Crippen molar-refractivity contribution < 1.29 is 5.21 Å². The Morgan fingerprint density at radius 1 is 1.70 bits per heavy atom. The molecule has 0 saturated heterocycles. The number of pyridine rings is 1. The molecular weight excluding hydrogens is 196 g/mol. The second-order valence-electron chi connectivity index (χ2n) is 1.80. The summed E-state index contributed by atoms with van der Waals surface area (Å²) in [4.78, 5) is 3.88. The van der Waals surface area contributed by atoms with Crippen LogP contribution < -0.4 is 5.48 Å². The number of aromatic nitrogens is 1. The van der Waals surface area contributed by atoms with Gasteiger partial charge in [-0.2, -0.15) is 0 Å². The smallest absolute Gasteiger partial charge is 0.0484 e. The van der Waals surface area contributed by atoms with Gasteiger partial charge in [0, 0.05) is 29.0 Å². The van der Waals surface area contributed by atoms with E-state index in [0.717, 1.165) is 10.0 Å². The molecule has 0 bridgehead atoms. The van der Waals surface area contributed by atoms with E-state index in [-0.39, 0.29) is 0 Å². The number of nitrogens with one attached hydrogen (secondary N) is 1. The van der Waals surface area contributed by atoms with Crippen molar-refractivity contribution in [1.29, 1.82) is 0 Å². The lowest BCUT2D eigenvalue weighted by Crippen LogP contribution is -2.06. The molecule has 1 aromatic heterocycles. The highest BCUT2D eigenvalue weighted by Crippen LogP contribution is 2.13. The van der Waals surface area contributed by atoms with Crippen molar-refractivity contribution in [3.8, 4) is 0 Å². The van der Waals surface area contributed by atoms with Crippen LogP contribution in [-0.4, -0.2) is 10.2 Å². The van der Waals surface area contributed by atoms with E-state index in [1.165, 1.54) is 0 Å². The third-order valence-electron chi connectivity index (χ3n) is 1.11. The quantitative estimate of drug-likeness (QED) is 0.712. The maximum absolute atomic E-state index is 8.35. The topological polar surface area (TPSA) is 45.1 Å². The summed E-state index contributed by atoms with van der Waals surface area (Å²) in [6, 6.07) is 1.83. The first-order valence-corrected chi connectivity index (χ1v) is 3.59. The third-order valence-corrected chi connectivity index (χ3v) is 1.89. The van der Waals surface area contributed by atoms with Gasteiger partial charge in [-0.3, -0.25) is 4.98 Å². The fraction of sp³-hybridized carbons (Fsp3) is 0.167. The largest absolute Gasteiger partial charge is 0.316 e. The highest BCUT2D eigenvalue weighted by molar-refractivity contribution is 9.10. The Labute approximate surface area is 67.2 Å². The molecule has 54 valence electrons. The average Bonchev–Trinajstić information content (AvgIpc) is 1.94. The van der Waals surface area contributed by atoms with Crippen LogP contribution >= 0.6 is 15.9 Å². The van der Waals surface area contributed by atoms with E-state index in [9.17, 15) is 0 Å². The highest BCUT2D eigenvalue weighted by Gasteiger charge is 1.95. The first-order chi connectivity index (χ1) is 4.84. The van der Waals surface area contributed by atoms with Crippen LogP contribution in [0.2, 0.25) is 0 Å². The van der Waals surface area contributed by atoms with Gasteiger partial charge in [0.2, 0.25) is 0 Å². The molecule has 0 aliphatic heterocycles. The minimum Gasteiger partial charge on any atom is -0.316 e. The summed E-state index contributed by atoms with van der Waals surface area (Å²) >= 11 is 3.31. The molecule has 0 amide bonds. The normalized spacial score (nSPS) is 9.80. The first-order valence-electron chi connectivity index (χ1n) is 2.80. The summed E-state index contributed by atoms with van der Waals surface area (Å²) in [6.07, 6.45) is 3.37. The molecule has 0 aromatic carbocycles. The molecule has 0 atom stereocenters. The van der Waals surface area contributed by atoms with E-state index in [1.54, 1.807) is 12.4 Å². The van der Waals surface area contributed by atoms with E-state index in [1.807, 2.05) is 6.07 Å². The van der Waals surface area contributed by atoms with Crippen LogP contribution in [0.1, 0.15) is 5.56 Å². The Hall–Kier alpha value is -0.450. The summed E-state index contributed by atoms with van der Waals surface area (Å²) in [5, 5.41) is 8.35. The van der Waals surface area contributed by atoms with Gasteiger partial charge in [-0.25, -0.2) is 5.48 Å². The predicted octanol–water partition coefficient (Wildman–Crippen LogP) is 1.32. The summed E-state index contributed by atoms with van der Waals surface area (Å²) < 4.78 is 0.948. The van der Waals surface area contributed by atoms with E-state index in [0.29, 0.717) is 6.54 Å². The van der Waals surface area contributed by atoms with E-state index in [2.05, 4.69) is 26.4 Å². The zero-order valence-corrected chi connectivity index (χ0v) is 6.80. The molecule has 0 fully saturated rings. The van der Waals surface area contributed by atoms with Crippen molar-refractivity contribution in [3.63, 3.8) is 0 Å². The zero-order valence-electron chi connectivity index (χ0n) is 5.21. The minimum absolute atomic E-state index is 0.411. The van der Waals surface area contributed by atoms with Gasteiger partial charge in [-0.15, -0.1) is 0 Å². The lowest BCUT2D eigenvalue weighted by Gasteiger charge is -1.99. The monoisotopic (exact) mass is 202 g/mol. The number of rotatable bonds is 2. The third kappa shape index (κ3) is 1.76. The number of hydrogen-bond acceptors (Lipinski definition) is 3. The predicted molar refractivity (Wildman–Crippen MR) is 40.6 cm³/mol. The number of nitrogens with zero attached hydrogens (tertiary/aromatic N) is 1. The molecule has 0 aliphatic rings. The van der Waals surface area contributed by atoms with Gasteiger partial charge in [-0.05, 0) is 6.07 Å². The summed E-state index contributed by atoms with van der Waals surface area (Å²) in [7, 11) is 0. The lowest BCUT2D eigenvalue weighted by molar-refractivity contribution is 0.161. The van der Waals surface area contributed by atoms with Gasteiger partial charge in [0.15, 0.2) is 0 Å². The fourth-order valence-corrected chi connectivity index (χ4v) is 0.986. The fourth-order valence-electron chi connectivity index (χ4n) is 0.625. The Balaban J connectivity index is 2.81. The van der Waals surface area contributed by atoms with Gasteiger partial charge in [0.1, 0.15) is 0 Å². The lowest BCUT2D eigenvalue weighted by atomic mass is 10.3. The molecule has 3 nitrogen and oxygen atoms in total. The van der Waals surface area contributed by atoms with Crippen LogP contribution in [0.25, 0.3) is 0 Å². The summed E-state index contributed by atoms with van der Waals surface area (Å²) in [5.74, 6) is 0. The second-order valence-corrected chi connectivity index (χ2v) is 2.66. The van der Waals surface area contributed by atoms with Crippen molar-refractivity contribution in [2.75, 3.05) is 0 Å². The molecule has 0 aliphatic carbocycles. The van der Waals surface area contributed by atoms with Crippen molar-refractivity contribution in [2.24, 2.45) is 0 Å². The van der Waals surface area contributed by atoms with Crippen molar-refractivity contribution in [3.05, 3.63) is 28.5 Å². The standard InChI is InChI=1S/C6H7BrN2O/c7-6-1-2-8-3-5(6)4-9-10/h1-3,9-10H,4H2. The van der Waals surface area contributed by atoms with Crippen LogP contribution in [0.5, 0.6) is 0 Å². The molecular formula is C6H7BrN2O. The second kappa shape index (κ2) is 3.65. The zero-order chi connectivity index (χ0) is 7.40. The molecule has 10 heavy (non-hydrogen) atoms. The van der Waals surface area contributed by atoms with Crippen LogP contribution in [0.3, 0.4) is 0 Å². The van der Waals surface area contributed by atoms with Crippen molar-refractivity contribution in [2.45, 2.75) is 6.54 Å². The van der Waals surface area contributed by atoms with Crippen LogP contribution in [-0.2, 0) is 6.54 Å². The van der Waals surface area contributed by atoms with Gasteiger partial charge in [-0.1, -0.05) is 15.9 Å². The number of hydrogen-bond donors (Lipinski definition) is 2. The molecule has 1 heterocycles. The summed E-state index contributed by atoms with van der Waals surface area (Å²) in [6.45, 7) is 0.411. The molecule has 0 spiro atoms. The first kappa shape index (κ1) is 7.65. The molecule has 1 aromatic rings. The minimum atomic E-state index is 0.411. The molecule has 1 rings (SSSR count). The highest BCUT2D eigenvalue weighted by atomic mass is 79.9. The van der Waals surface area contributed by atoms with Crippen LogP contribution in [0, 0.1) is 0 Å². The van der Waals surface area contributed by atoms with E-state index >= 15 is 0 Å². The van der Waals surface area contributed by atoms with Crippen molar-refractivity contribution >= 4 is 15.9 Å². The van der Waals surface area contributed by atoms with Gasteiger partial charge >= 0.3 is 0 Å². The summed E-state index contributed by atoms with van der Waals surface area (Å²) in [5.41, 5.74) is 2.99. The SMILES string of the molecule is ONCc1cnccc1Br. The molecule has 4 heteroatoms. The van der Waals surface area contributed by atoms with E-state index in [4.69, 9.17) is 5.21 Å². The Morgan fingerprint density at radius 2 is 2.50 bits per heavy atom. The maximum Gasteiger partial charge on any atom is 0.0484 e. The Morgan fingerprint density at radius 3 is 3.10 bits per heavy atom. The Kier molecular flexibility index (Phi) is 2.80. The molecule has 0 saturated carbocycles. The number of halogens is 1. The van der Waals surface area contributed by atoms with Gasteiger partial charge in [0.05, 0.1) is 0 Å². The molecule has 2 N–H and O–H groups in total. The average molecular weight is 203 g/mol. The van der Waals surface area contributed by atoms with Crippen LogP contribution in [0.15, 0.2) is 22.9 Å². The molecule has 0 unspecified atom stereocenters. The molecule has 0 radical (unpaired) electrons.